The van der Waals surface area contributed by atoms with E-state index in [1.54, 1.807) is 0 Å². The molecule has 136 valence electrons. The Morgan fingerprint density at radius 1 is 1.00 bits per heavy atom. The van der Waals surface area contributed by atoms with Crippen LogP contribution in [0.3, 0.4) is 0 Å². The van der Waals surface area contributed by atoms with E-state index >= 15 is 0 Å². The first-order valence-corrected chi connectivity index (χ1v) is 9.56. The number of hydrogen-bond donors (Lipinski definition) is 1. The molecule has 5 nitrogen and oxygen atoms in total. The molecule has 0 atom stereocenters. The maximum Gasteiger partial charge on any atom is 0.210 e. The van der Waals surface area contributed by atoms with Crippen LogP contribution in [-0.4, -0.2) is 27.2 Å². The standard InChI is InChI=1S/C20H24N4OS/c1-20(2,3)16-9-11-17(12-10-16)25-13-14-26-19-23-22-18(24(19)21)15-7-5-4-6-8-15/h4-12H,13-14,21H2,1-3H3. The maximum absolute atomic E-state index is 6.12. The predicted molar refractivity (Wildman–Crippen MR) is 107 cm³/mol. The Labute approximate surface area is 158 Å². The summed E-state index contributed by atoms with van der Waals surface area (Å²) in [6, 6.07) is 18.1. The minimum Gasteiger partial charge on any atom is -0.493 e. The first-order chi connectivity index (χ1) is 12.4. The number of thioether (sulfide) groups is 1. The summed E-state index contributed by atoms with van der Waals surface area (Å²) in [5.41, 5.74) is 2.39. The van der Waals surface area contributed by atoms with Crippen LogP contribution in [0.25, 0.3) is 11.4 Å². The second kappa shape index (κ2) is 7.83. The van der Waals surface area contributed by atoms with Gasteiger partial charge in [0, 0.05) is 11.3 Å². The van der Waals surface area contributed by atoms with Crippen LogP contribution in [0.15, 0.2) is 59.8 Å². The van der Waals surface area contributed by atoms with Crippen LogP contribution in [0, 0.1) is 0 Å². The fraction of sp³-hybridized carbons (Fsp3) is 0.300. The van der Waals surface area contributed by atoms with Crippen LogP contribution in [-0.2, 0) is 5.41 Å². The van der Waals surface area contributed by atoms with Crippen molar-refractivity contribution in [1.82, 2.24) is 14.9 Å². The van der Waals surface area contributed by atoms with Crippen molar-refractivity contribution in [3.63, 3.8) is 0 Å². The van der Waals surface area contributed by atoms with Crippen molar-refractivity contribution in [3.8, 4) is 17.1 Å². The Bertz CT molecular complexity index is 838. The van der Waals surface area contributed by atoms with Crippen molar-refractivity contribution in [2.24, 2.45) is 0 Å². The van der Waals surface area contributed by atoms with Crippen LogP contribution < -0.4 is 10.6 Å². The van der Waals surface area contributed by atoms with Gasteiger partial charge < -0.3 is 10.6 Å². The molecule has 0 saturated heterocycles. The Morgan fingerprint density at radius 3 is 2.35 bits per heavy atom. The van der Waals surface area contributed by atoms with Gasteiger partial charge in [-0.3, -0.25) is 0 Å². The smallest absolute Gasteiger partial charge is 0.210 e. The van der Waals surface area contributed by atoms with Gasteiger partial charge in [-0.25, -0.2) is 4.68 Å². The summed E-state index contributed by atoms with van der Waals surface area (Å²) in [7, 11) is 0. The van der Waals surface area contributed by atoms with E-state index < -0.39 is 0 Å². The van der Waals surface area contributed by atoms with Gasteiger partial charge in [-0.15, -0.1) is 10.2 Å². The van der Waals surface area contributed by atoms with Gasteiger partial charge in [-0.1, -0.05) is 75.0 Å². The lowest BCUT2D eigenvalue weighted by atomic mass is 9.87. The van der Waals surface area contributed by atoms with Crippen molar-refractivity contribution in [2.75, 3.05) is 18.2 Å². The van der Waals surface area contributed by atoms with Crippen LogP contribution in [0.4, 0.5) is 0 Å². The predicted octanol–water partition coefficient (Wildman–Crippen LogP) is 4.13. The van der Waals surface area contributed by atoms with Gasteiger partial charge in [0.05, 0.1) is 6.61 Å². The lowest BCUT2D eigenvalue weighted by Gasteiger charge is -2.19. The summed E-state index contributed by atoms with van der Waals surface area (Å²) in [6.45, 7) is 7.18. The number of nitrogens with two attached hydrogens (primary N) is 1. The van der Waals surface area contributed by atoms with E-state index in [4.69, 9.17) is 10.6 Å². The van der Waals surface area contributed by atoms with Crippen molar-refractivity contribution in [3.05, 3.63) is 60.2 Å². The van der Waals surface area contributed by atoms with Crippen LogP contribution in [0.5, 0.6) is 5.75 Å². The SMILES string of the molecule is CC(C)(C)c1ccc(OCCSc2nnc(-c3ccccc3)n2N)cc1. The van der Waals surface area contributed by atoms with Gasteiger partial charge in [-0.05, 0) is 23.1 Å². The normalized spacial score (nSPS) is 11.5. The molecule has 0 spiro atoms. The Hall–Kier alpha value is -2.47. The Balaban J connectivity index is 1.52. The Morgan fingerprint density at radius 2 is 1.69 bits per heavy atom. The zero-order valence-electron chi connectivity index (χ0n) is 15.3. The number of rotatable bonds is 6. The molecule has 0 bridgehead atoms. The molecule has 0 saturated carbocycles. The second-order valence-electron chi connectivity index (χ2n) is 7.01. The molecule has 0 amide bonds. The molecule has 26 heavy (non-hydrogen) atoms. The van der Waals surface area contributed by atoms with Gasteiger partial charge in [0.1, 0.15) is 5.75 Å². The lowest BCUT2D eigenvalue weighted by molar-refractivity contribution is 0.343. The third-order valence-electron chi connectivity index (χ3n) is 4.00. The first-order valence-electron chi connectivity index (χ1n) is 8.57. The van der Waals surface area contributed by atoms with Gasteiger partial charge >= 0.3 is 0 Å². The highest BCUT2D eigenvalue weighted by molar-refractivity contribution is 7.99. The molecule has 0 fully saturated rings. The fourth-order valence-electron chi connectivity index (χ4n) is 2.50. The average Bonchev–Trinajstić information content (AvgIpc) is 3.00. The van der Waals surface area contributed by atoms with Crippen molar-refractivity contribution < 1.29 is 4.74 Å². The van der Waals surface area contributed by atoms with E-state index in [0.717, 1.165) is 17.1 Å². The number of nitrogen functional groups attached to an aromatic ring is 1. The van der Waals surface area contributed by atoms with E-state index in [0.29, 0.717) is 17.6 Å². The third kappa shape index (κ3) is 4.38. The highest BCUT2D eigenvalue weighted by Gasteiger charge is 2.13. The monoisotopic (exact) mass is 368 g/mol. The van der Waals surface area contributed by atoms with Crippen LogP contribution in [0.1, 0.15) is 26.3 Å². The Kier molecular flexibility index (Phi) is 5.52. The molecule has 2 aromatic carbocycles. The summed E-state index contributed by atoms with van der Waals surface area (Å²) in [5.74, 6) is 8.39. The molecule has 1 aromatic heterocycles. The highest BCUT2D eigenvalue weighted by atomic mass is 32.2. The summed E-state index contributed by atoms with van der Waals surface area (Å²) in [4.78, 5) is 0. The highest BCUT2D eigenvalue weighted by Crippen LogP contribution is 2.25. The van der Waals surface area contributed by atoms with Gasteiger partial charge in [0.15, 0.2) is 5.82 Å². The average molecular weight is 369 g/mol. The van der Waals surface area contributed by atoms with Crippen molar-refractivity contribution in [2.45, 2.75) is 31.3 Å². The molecule has 3 aromatic rings. The molecule has 0 unspecified atom stereocenters. The number of aromatic nitrogens is 3. The van der Waals surface area contributed by atoms with Gasteiger partial charge in [-0.2, -0.15) is 0 Å². The molecule has 3 rings (SSSR count). The minimum atomic E-state index is 0.149. The van der Waals surface area contributed by atoms with Crippen LogP contribution in [0.2, 0.25) is 0 Å². The van der Waals surface area contributed by atoms with E-state index in [9.17, 15) is 0 Å². The molecule has 0 aliphatic carbocycles. The zero-order valence-corrected chi connectivity index (χ0v) is 16.2. The van der Waals surface area contributed by atoms with Gasteiger partial charge in [0.2, 0.25) is 5.16 Å². The topological polar surface area (TPSA) is 66.0 Å². The molecular weight excluding hydrogens is 344 g/mol. The van der Waals surface area contributed by atoms with Crippen molar-refractivity contribution >= 4 is 11.8 Å². The first kappa shape index (κ1) is 18.3. The third-order valence-corrected chi connectivity index (χ3v) is 4.91. The lowest BCUT2D eigenvalue weighted by Crippen LogP contribution is -2.12. The minimum absolute atomic E-state index is 0.149. The second-order valence-corrected chi connectivity index (χ2v) is 8.08. The molecule has 2 N–H and O–H groups in total. The zero-order chi connectivity index (χ0) is 18.6. The van der Waals surface area contributed by atoms with E-state index in [2.05, 4.69) is 43.1 Å². The number of hydrogen-bond acceptors (Lipinski definition) is 5. The summed E-state index contributed by atoms with van der Waals surface area (Å²) in [6.07, 6.45) is 0. The summed E-state index contributed by atoms with van der Waals surface area (Å²) in [5, 5.41) is 9.03. The van der Waals surface area contributed by atoms with Crippen LogP contribution >= 0.6 is 11.8 Å². The fourth-order valence-corrected chi connectivity index (χ4v) is 3.18. The molecule has 6 heteroatoms. The molecule has 0 aliphatic rings. The molecular formula is C20H24N4OS. The van der Waals surface area contributed by atoms with E-state index in [-0.39, 0.29) is 5.41 Å². The molecule has 1 heterocycles. The van der Waals surface area contributed by atoms with E-state index in [1.807, 2.05) is 42.5 Å². The quantitative estimate of drug-likeness (QED) is 0.403. The van der Waals surface area contributed by atoms with Gasteiger partial charge in [0.25, 0.3) is 0 Å². The number of benzene rings is 2. The summed E-state index contributed by atoms with van der Waals surface area (Å²) < 4.78 is 7.33. The number of ether oxygens (including phenoxy) is 1. The maximum atomic E-state index is 6.12. The van der Waals surface area contributed by atoms with E-state index in [1.165, 1.54) is 22.0 Å². The van der Waals surface area contributed by atoms with Crippen molar-refractivity contribution in [1.29, 1.82) is 0 Å². The number of nitrogens with zero attached hydrogens (tertiary/aromatic N) is 3. The molecule has 0 aliphatic heterocycles. The largest absolute Gasteiger partial charge is 0.493 e. The molecule has 0 radical (unpaired) electrons. The summed E-state index contributed by atoms with van der Waals surface area (Å²) >= 11 is 1.53.